The number of nitrogens with zero attached hydrogens (tertiary/aromatic N) is 5. The number of carbonyl (C=O) groups is 1. The lowest BCUT2D eigenvalue weighted by Crippen LogP contribution is -2.51. The van der Waals surface area contributed by atoms with Gasteiger partial charge in [-0.1, -0.05) is 30.3 Å². The second kappa shape index (κ2) is 10.3. The molecule has 4 rings (SSSR count). The van der Waals surface area contributed by atoms with E-state index in [0.29, 0.717) is 42.0 Å². The molecule has 12 heteroatoms. The first-order valence-electron chi connectivity index (χ1n) is 11.1. The van der Waals surface area contributed by atoms with Gasteiger partial charge in [0.05, 0.1) is 12.8 Å². The Morgan fingerprint density at radius 3 is 2.66 bits per heavy atom. The quantitative estimate of drug-likeness (QED) is 0.553. The number of alkyl halides is 3. The molecule has 2 atom stereocenters. The first kappa shape index (κ1) is 24.5. The zero-order valence-corrected chi connectivity index (χ0v) is 19.3. The molecule has 35 heavy (non-hydrogen) atoms. The molecule has 9 nitrogen and oxygen atoms in total. The van der Waals surface area contributed by atoms with Gasteiger partial charge in [-0.3, -0.25) is 0 Å². The van der Waals surface area contributed by atoms with Crippen LogP contribution in [0.15, 0.2) is 48.5 Å². The average molecular weight is 490 g/mol. The lowest BCUT2D eigenvalue weighted by Gasteiger charge is -2.39. The van der Waals surface area contributed by atoms with E-state index in [1.807, 2.05) is 30.3 Å². The normalized spacial score (nSPS) is 18.4. The summed E-state index contributed by atoms with van der Waals surface area (Å²) in [5, 5.41) is 16.0. The molecule has 1 saturated heterocycles. The predicted octanol–water partition coefficient (Wildman–Crippen LogP) is 2.98. The van der Waals surface area contributed by atoms with Gasteiger partial charge in [0.25, 0.3) is 5.82 Å². The van der Waals surface area contributed by atoms with Crippen molar-refractivity contribution in [1.82, 2.24) is 35.7 Å². The number of hydrogen-bond donors (Lipinski definition) is 2. The maximum absolute atomic E-state index is 13.3. The molecule has 1 aromatic heterocycles. The summed E-state index contributed by atoms with van der Waals surface area (Å²) in [6.45, 7) is 1.46. The van der Waals surface area contributed by atoms with Gasteiger partial charge in [-0.2, -0.15) is 17.9 Å². The molecule has 0 aliphatic carbocycles. The van der Waals surface area contributed by atoms with Crippen molar-refractivity contribution in [3.05, 3.63) is 65.5 Å². The Morgan fingerprint density at radius 2 is 1.97 bits per heavy atom. The molecule has 2 amide bonds. The highest BCUT2D eigenvalue weighted by molar-refractivity contribution is 5.74. The third kappa shape index (κ3) is 5.37. The molecule has 1 aliphatic heterocycles. The van der Waals surface area contributed by atoms with Crippen LogP contribution in [0.3, 0.4) is 0 Å². The van der Waals surface area contributed by atoms with Crippen LogP contribution in [0.1, 0.15) is 29.3 Å². The van der Waals surface area contributed by atoms with Gasteiger partial charge in [0.2, 0.25) is 0 Å². The fourth-order valence-corrected chi connectivity index (χ4v) is 4.39. The van der Waals surface area contributed by atoms with Gasteiger partial charge in [-0.25, -0.2) is 4.79 Å². The maximum atomic E-state index is 13.3. The van der Waals surface area contributed by atoms with Crippen LogP contribution in [0.2, 0.25) is 0 Å². The number of nitrogens with one attached hydrogen (secondary N) is 2. The summed E-state index contributed by atoms with van der Waals surface area (Å²) in [6, 6.07) is 14.5. The molecule has 2 aromatic carbocycles. The number of amides is 2. The first-order chi connectivity index (χ1) is 16.8. The van der Waals surface area contributed by atoms with E-state index in [0.717, 1.165) is 5.56 Å². The Morgan fingerprint density at radius 1 is 1.20 bits per heavy atom. The lowest BCUT2D eigenvalue weighted by atomic mass is 9.86. The van der Waals surface area contributed by atoms with E-state index in [9.17, 15) is 18.0 Å². The number of methoxy groups -OCH3 is 1. The van der Waals surface area contributed by atoms with Crippen LogP contribution in [-0.4, -0.2) is 64.4 Å². The predicted molar refractivity (Wildman–Crippen MR) is 121 cm³/mol. The second-order valence-electron chi connectivity index (χ2n) is 8.20. The molecule has 1 fully saturated rings. The highest BCUT2D eigenvalue weighted by atomic mass is 19.4. The van der Waals surface area contributed by atoms with Crippen LogP contribution in [0.5, 0.6) is 5.75 Å². The number of tetrazole rings is 1. The average Bonchev–Trinajstić information content (AvgIpc) is 3.38. The molecular weight excluding hydrogens is 463 g/mol. The number of hydrogen-bond acceptors (Lipinski definition) is 6. The van der Waals surface area contributed by atoms with Crippen molar-refractivity contribution in [2.75, 3.05) is 27.2 Å². The molecule has 2 unspecified atom stereocenters. The minimum atomic E-state index is -4.69. The standard InChI is InChI=1S/C23H26F3N7O2/c1-27-22(34)32-11-10-19(18(14-32)15-6-4-3-5-7-15)28-13-16-12-17(8-9-20(16)35-2)33-21(23(24,25)26)29-30-31-33/h3-9,12,18-19,28H,10-11,13-14H2,1-2H3,(H,27,34). The van der Waals surface area contributed by atoms with Crippen molar-refractivity contribution in [3.63, 3.8) is 0 Å². The SMILES string of the molecule is CNC(=O)N1CCC(NCc2cc(-n3nnnc3C(F)(F)F)ccc2OC)C(c2ccccc2)C1. The molecule has 2 N–H and O–H groups in total. The van der Waals surface area contributed by atoms with E-state index < -0.39 is 12.0 Å². The summed E-state index contributed by atoms with van der Waals surface area (Å²) >= 11 is 0. The summed E-state index contributed by atoms with van der Waals surface area (Å²) in [5.41, 5.74) is 1.94. The topological polar surface area (TPSA) is 97.2 Å². The van der Waals surface area contributed by atoms with E-state index in [4.69, 9.17) is 4.74 Å². The van der Waals surface area contributed by atoms with Crippen LogP contribution in [-0.2, 0) is 12.7 Å². The van der Waals surface area contributed by atoms with Crippen molar-refractivity contribution in [3.8, 4) is 11.4 Å². The molecule has 0 bridgehead atoms. The van der Waals surface area contributed by atoms with Crippen LogP contribution in [0, 0.1) is 0 Å². The van der Waals surface area contributed by atoms with Crippen LogP contribution < -0.4 is 15.4 Å². The van der Waals surface area contributed by atoms with Gasteiger partial charge < -0.3 is 20.3 Å². The van der Waals surface area contributed by atoms with Gasteiger partial charge in [0.15, 0.2) is 0 Å². The van der Waals surface area contributed by atoms with E-state index >= 15 is 0 Å². The summed E-state index contributed by atoms with van der Waals surface area (Å²) < 4.78 is 46.0. The fraction of sp³-hybridized carbons (Fsp3) is 0.391. The van der Waals surface area contributed by atoms with E-state index in [2.05, 4.69) is 26.2 Å². The van der Waals surface area contributed by atoms with Crippen molar-refractivity contribution < 1.29 is 22.7 Å². The Labute approximate surface area is 200 Å². The lowest BCUT2D eigenvalue weighted by molar-refractivity contribution is -0.146. The van der Waals surface area contributed by atoms with E-state index in [-0.39, 0.29) is 23.7 Å². The smallest absolute Gasteiger partial charge is 0.453 e. The molecular formula is C23H26F3N7O2. The van der Waals surface area contributed by atoms with Crippen LogP contribution in [0.4, 0.5) is 18.0 Å². The molecule has 3 aromatic rings. The third-order valence-corrected chi connectivity index (χ3v) is 6.13. The number of rotatable bonds is 6. The Balaban J connectivity index is 1.57. The second-order valence-corrected chi connectivity index (χ2v) is 8.20. The number of piperidine rings is 1. The zero-order chi connectivity index (χ0) is 25.0. The minimum absolute atomic E-state index is 0.0328. The van der Waals surface area contributed by atoms with Crippen molar-refractivity contribution >= 4 is 6.03 Å². The van der Waals surface area contributed by atoms with E-state index in [1.165, 1.54) is 13.2 Å². The van der Waals surface area contributed by atoms with E-state index in [1.54, 1.807) is 24.1 Å². The van der Waals surface area contributed by atoms with Gasteiger partial charge in [0, 0.05) is 44.2 Å². The summed E-state index contributed by atoms with van der Waals surface area (Å²) in [5.74, 6) is -0.637. The van der Waals surface area contributed by atoms with Crippen molar-refractivity contribution in [1.29, 1.82) is 0 Å². The number of aromatic nitrogens is 4. The first-order valence-corrected chi connectivity index (χ1v) is 11.1. The molecule has 186 valence electrons. The molecule has 2 heterocycles. The third-order valence-electron chi connectivity index (χ3n) is 6.13. The number of ether oxygens (including phenoxy) is 1. The molecule has 0 saturated carbocycles. The largest absolute Gasteiger partial charge is 0.496 e. The highest BCUT2D eigenvalue weighted by Gasteiger charge is 2.38. The number of carbonyl (C=O) groups excluding carboxylic acids is 1. The Hall–Kier alpha value is -3.67. The maximum Gasteiger partial charge on any atom is 0.453 e. The highest BCUT2D eigenvalue weighted by Crippen LogP contribution is 2.31. The number of benzene rings is 2. The van der Waals surface area contributed by atoms with Crippen LogP contribution >= 0.6 is 0 Å². The monoisotopic (exact) mass is 489 g/mol. The van der Waals surface area contributed by atoms with Crippen LogP contribution in [0.25, 0.3) is 5.69 Å². The minimum Gasteiger partial charge on any atom is -0.496 e. The summed E-state index contributed by atoms with van der Waals surface area (Å²) in [4.78, 5) is 14.0. The van der Waals surface area contributed by atoms with Gasteiger partial charge >= 0.3 is 12.2 Å². The molecule has 0 spiro atoms. The number of urea groups is 1. The Kier molecular flexibility index (Phi) is 7.20. The Bertz CT molecular complexity index is 1150. The fourth-order valence-electron chi connectivity index (χ4n) is 4.39. The van der Waals surface area contributed by atoms with Gasteiger partial charge in [-0.15, -0.1) is 5.10 Å². The van der Waals surface area contributed by atoms with Crippen molar-refractivity contribution in [2.45, 2.75) is 31.1 Å². The van der Waals surface area contributed by atoms with Gasteiger partial charge in [0.1, 0.15) is 5.75 Å². The van der Waals surface area contributed by atoms with Crippen molar-refractivity contribution in [2.24, 2.45) is 0 Å². The number of halogens is 3. The summed E-state index contributed by atoms with van der Waals surface area (Å²) in [6.07, 6.45) is -3.98. The zero-order valence-electron chi connectivity index (χ0n) is 19.3. The summed E-state index contributed by atoms with van der Waals surface area (Å²) in [7, 11) is 3.11. The molecule has 0 radical (unpaired) electrons. The molecule has 1 aliphatic rings. The number of likely N-dealkylation sites (tertiary alicyclic amines) is 1. The van der Waals surface area contributed by atoms with Gasteiger partial charge in [-0.05, 0) is 40.6 Å².